The van der Waals surface area contributed by atoms with Crippen LogP contribution in [0.5, 0.6) is 0 Å². The number of hydrogen-bond acceptors (Lipinski definition) is 3. The SMILES string of the molecule is CC(C)C[C@H](NC(=O)[C@@H]1CCCN1C(=O)c1ccccc1)C(C)(C)O. The fourth-order valence-electron chi connectivity index (χ4n) is 3.29. The Kier molecular flexibility index (Phi) is 6.22. The van der Waals surface area contributed by atoms with Gasteiger partial charge in [-0.15, -0.1) is 0 Å². The molecule has 1 aliphatic heterocycles. The third-order valence-corrected chi connectivity index (χ3v) is 4.71. The molecular weight excluding hydrogens is 316 g/mol. The molecular formula is C20H30N2O3. The first-order chi connectivity index (χ1) is 11.7. The summed E-state index contributed by atoms with van der Waals surface area (Å²) in [5.74, 6) is 0.0684. The molecule has 0 aromatic heterocycles. The zero-order valence-electron chi connectivity index (χ0n) is 15.7. The van der Waals surface area contributed by atoms with Gasteiger partial charge >= 0.3 is 0 Å². The molecule has 1 aromatic carbocycles. The number of likely N-dealkylation sites (tertiary alicyclic amines) is 1. The molecule has 2 amide bonds. The van der Waals surface area contributed by atoms with Crippen LogP contribution >= 0.6 is 0 Å². The lowest BCUT2D eigenvalue weighted by atomic mass is 9.90. The van der Waals surface area contributed by atoms with Crippen LogP contribution in [0.4, 0.5) is 0 Å². The Morgan fingerprint density at radius 2 is 1.92 bits per heavy atom. The Hall–Kier alpha value is -1.88. The average molecular weight is 346 g/mol. The van der Waals surface area contributed by atoms with E-state index in [0.717, 1.165) is 6.42 Å². The summed E-state index contributed by atoms with van der Waals surface area (Å²) in [6, 6.07) is 8.25. The van der Waals surface area contributed by atoms with Gasteiger partial charge in [-0.05, 0) is 51.2 Å². The molecule has 2 N–H and O–H groups in total. The lowest BCUT2D eigenvalue weighted by Gasteiger charge is -2.33. The van der Waals surface area contributed by atoms with Crippen LogP contribution in [0.15, 0.2) is 30.3 Å². The summed E-state index contributed by atoms with van der Waals surface area (Å²) in [5.41, 5.74) is -0.407. The van der Waals surface area contributed by atoms with E-state index < -0.39 is 11.6 Å². The fraction of sp³-hybridized carbons (Fsp3) is 0.600. The molecule has 1 aromatic rings. The second-order valence-corrected chi connectivity index (χ2v) is 7.87. The fourth-order valence-corrected chi connectivity index (χ4v) is 3.29. The molecule has 2 rings (SSSR count). The minimum Gasteiger partial charge on any atom is -0.388 e. The normalized spacial score (nSPS) is 19.1. The molecule has 1 saturated heterocycles. The van der Waals surface area contributed by atoms with Crippen molar-refractivity contribution in [2.45, 2.75) is 64.6 Å². The monoisotopic (exact) mass is 346 g/mol. The number of hydrogen-bond donors (Lipinski definition) is 2. The van der Waals surface area contributed by atoms with Gasteiger partial charge in [0.1, 0.15) is 6.04 Å². The molecule has 0 radical (unpaired) electrons. The first-order valence-electron chi connectivity index (χ1n) is 9.09. The quantitative estimate of drug-likeness (QED) is 0.832. The average Bonchev–Trinajstić information content (AvgIpc) is 3.02. The molecule has 1 aliphatic rings. The second kappa shape index (κ2) is 8.00. The molecule has 0 saturated carbocycles. The van der Waals surface area contributed by atoms with Crippen LogP contribution < -0.4 is 5.32 Å². The first-order valence-corrected chi connectivity index (χ1v) is 9.09. The number of carbonyl (C=O) groups excluding carboxylic acids is 2. The molecule has 0 unspecified atom stereocenters. The zero-order valence-corrected chi connectivity index (χ0v) is 15.7. The maximum absolute atomic E-state index is 12.8. The van der Waals surface area contributed by atoms with Crippen molar-refractivity contribution in [2.75, 3.05) is 6.54 Å². The number of nitrogens with zero attached hydrogens (tertiary/aromatic N) is 1. The van der Waals surface area contributed by atoms with Gasteiger partial charge in [0.25, 0.3) is 5.91 Å². The summed E-state index contributed by atoms with van der Waals surface area (Å²) in [6.45, 7) is 8.13. The third-order valence-electron chi connectivity index (χ3n) is 4.71. The molecule has 2 atom stereocenters. The molecule has 138 valence electrons. The highest BCUT2D eigenvalue weighted by molar-refractivity contribution is 5.98. The van der Waals surface area contributed by atoms with Gasteiger partial charge in [0, 0.05) is 12.1 Å². The summed E-state index contributed by atoms with van der Waals surface area (Å²) in [4.78, 5) is 27.2. The lowest BCUT2D eigenvalue weighted by molar-refractivity contribution is -0.127. The van der Waals surface area contributed by atoms with Gasteiger partial charge in [0.15, 0.2) is 0 Å². The Labute approximate surface area is 150 Å². The molecule has 0 bridgehead atoms. The number of benzene rings is 1. The van der Waals surface area contributed by atoms with Crippen LogP contribution in [-0.2, 0) is 4.79 Å². The van der Waals surface area contributed by atoms with Crippen LogP contribution in [0.2, 0.25) is 0 Å². The van der Waals surface area contributed by atoms with Crippen LogP contribution in [0.25, 0.3) is 0 Å². The van der Waals surface area contributed by atoms with Crippen molar-refractivity contribution < 1.29 is 14.7 Å². The van der Waals surface area contributed by atoms with Crippen molar-refractivity contribution in [2.24, 2.45) is 5.92 Å². The topological polar surface area (TPSA) is 69.6 Å². The molecule has 1 fully saturated rings. The summed E-state index contributed by atoms with van der Waals surface area (Å²) >= 11 is 0. The Balaban J connectivity index is 2.10. The number of aliphatic hydroxyl groups is 1. The molecule has 5 heteroatoms. The van der Waals surface area contributed by atoms with Gasteiger partial charge < -0.3 is 15.3 Å². The van der Waals surface area contributed by atoms with Crippen molar-refractivity contribution in [3.05, 3.63) is 35.9 Å². The van der Waals surface area contributed by atoms with Gasteiger partial charge in [-0.1, -0.05) is 32.0 Å². The minimum absolute atomic E-state index is 0.109. The summed E-state index contributed by atoms with van der Waals surface area (Å²) < 4.78 is 0. The molecule has 0 aliphatic carbocycles. The third kappa shape index (κ3) is 5.05. The second-order valence-electron chi connectivity index (χ2n) is 7.87. The van der Waals surface area contributed by atoms with Crippen molar-refractivity contribution in [3.63, 3.8) is 0 Å². The van der Waals surface area contributed by atoms with Crippen LogP contribution in [0.3, 0.4) is 0 Å². The largest absolute Gasteiger partial charge is 0.388 e. The van der Waals surface area contributed by atoms with Crippen molar-refractivity contribution in [1.29, 1.82) is 0 Å². The summed E-state index contributed by atoms with van der Waals surface area (Å²) in [5, 5.41) is 13.4. The minimum atomic E-state index is -1.01. The molecule has 0 spiro atoms. The van der Waals surface area contributed by atoms with Gasteiger partial charge in [-0.2, -0.15) is 0 Å². The van der Waals surface area contributed by atoms with E-state index in [0.29, 0.717) is 30.9 Å². The van der Waals surface area contributed by atoms with E-state index in [1.54, 1.807) is 30.9 Å². The van der Waals surface area contributed by atoms with E-state index in [1.807, 2.05) is 18.2 Å². The zero-order chi connectivity index (χ0) is 18.6. The summed E-state index contributed by atoms with van der Waals surface area (Å²) in [6.07, 6.45) is 2.16. The Bertz CT molecular complexity index is 593. The number of amides is 2. The molecule has 5 nitrogen and oxygen atoms in total. The summed E-state index contributed by atoms with van der Waals surface area (Å²) in [7, 11) is 0. The van der Waals surface area contributed by atoms with Gasteiger partial charge in [0.2, 0.25) is 5.91 Å². The highest BCUT2D eigenvalue weighted by Crippen LogP contribution is 2.22. The maximum atomic E-state index is 12.8. The maximum Gasteiger partial charge on any atom is 0.254 e. The molecule has 25 heavy (non-hydrogen) atoms. The van der Waals surface area contributed by atoms with E-state index in [-0.39, 0.29) is 17.9 Å². The predicted molar refractivity (Wildman–Crippen MR) is 98.2 cm³/mol. The number of rotatable bonds is 6. The lowest BCUT2D eigenvalue weighted by Crippen LogP contribution is -2.55. The Morgan fingerprint density at radius 3 is 2.48 bits per heavy atom. The van der Waals surface area contributed by atoms with E-state index >= 15 is 0 Å². The Morgan fingerprint density at radius 1 is 1.28 bits per heavy atom. The highest BCUT2D eigenvalue weighted by atomic mass is 16.3. The number of nitrogens with one attached hydrogen (secondary N) is 1. The van der Waals surface area contributed by atoms with E-state index in [1.165, 1.54) is 0 Å². The first kappa shape index (κ1) is 19.4. The highest BCUT2D eigenvalue weighted by Gasteiger charge is 2.37. The van der Waals surface area contributed by atoms with Crippen LogP contribution in [0.1, 0.15) is 57.3 Å². The van der Waals surface area contributed by atoms with Crippen molar-refractivity contribution >= 4 is 11.8 Å². The van der Waals surface area contributed by atoms with E-state index in [9.17, 15) is 14.7 Å². The van der Waals surface area contributed by atoms with Crippen molar-refractivity contribution in [1.82, 2.24) is 10.2 Å². The number of carbonyl (C=O) groups is 2. The molecule has 1 heterocycles. The smallest absolute Gasteiger partial charge is 0.254 e. The van der Waals surface area contributed by atoms with E-state index in [4.69, 9.17) is 0 Å². The van der Waals surface area contributed by atoms with Crippen LogP contribution in [-0.4, -0.2) is 46.1 Å². The van der Waals surface area contributed by atoms with Crippen molar-refractivity contribution in [3.8, 4) is 0 Å². The van der Waals surface area contributed by atoms with Gasteiger partial charge in [0.05, 0.1) is 11.6 Å². The van der Waals surface area contributed by atoms with Gasteiger partial charge in [-0.25, -0.2) is 0 Å². The standard InChI is InChI=1S/C20H30N2O3/c1-14(2)13-17(20(3,4)25)21-18(23)16-11-8-12-22(16)19(24)15-9-6-5-7-10-15/h5-7,9-10,14,16-17,25H,8,11-13H2,1-4H3,(H,21,23)/t16-,17-/m0/s1. The van der Waals surface area contributed by atoms with Crippen LogP contribution in [0, 0.1) is 5.92 Å². The van der Waals surface area contributed by atoms with Gasteiger partial charge in [-0.3, -0.25) is 9.59 Å². The predicted octanol–water partition coefficient (Wildman–Crippen LogP) is 2.59. The van der Waals surface area contributed by atoms with E-state index in [2.05, 4.69) is 19.2 Å².